The maximum Gasteiger partial charge on any atom is 0.142 e. The van der Waals surface area contributed by atoms with Gasteiger partial charge in [0.1, 0.15) is 12.1 Å². The van der Waals surface area contributed by atoms with Crippen LogP contribution in [0.1, 0.15) is 42.6 Å². The zero-order valence-corrected chi connectivity index (χ0v) is 11.7. The molecule has 0 amide bonds. The molecule has 20 heavy (non-hydrogen) atoms. The minimum absolute atomic E-state index is 0.722. The van der Waals surface area contributed by atoms with Crippen molar-refractivity contribution in [2.24, 2.45) is 0 Å². The maximum atomic E-state index is 4.61. The number of imidazole rings is 1. The molecule has 0 saturated heterocycles. The standard InChI is InChI=1S/C16H20N4/c1-2-6-15-14(5-1)19-11-20(15)16-12(4-3-9-17-16)10-18-13-7-8-13/h3-4,9,11,13,18H,1-2,5-8,10H2. The lowest BCUT2D eigenvalue weighted by molar-refractivity contribution is 0.648. The number of rotatable bonds is 4. The number of nitrogens with one attached hydrogen (secondary N) is 1. The van der Waals surface area contributed by atoms with Crippen molar-refractivity contribution in [3.05, 3.63) is 41.6 Å². The summed E-state index contributed by atoms with van der Waals surface area (Å²) >= 11 is 0. The van der Waals surface area contributed by atoms with E-state index in [2.05, 4.69) is 25.9 Å². The Bertz CT molecular complexity index is 613. The van der Waals surface area contributed by atoms with Gasteiger partial charge in [-0.15, -0.1) is 0 Å². The highest BCUT2D eigenvalue weighted by atomic mass is 15.1. The SMILES string of the molecule is c1cnc(-n2cnc3c2CCCC3)c(CNC2CC2)c1. The summed E-state index contributed by atoms with van der Waals surface area (Å²) < 4.78 is 2.21. The Morgan fingerprint density at radius 1 is 1.20 bits per heavy atom. The Balaban J connectivity index is 1.68. The Morgan fingerprint density at radius 3 is 3.00 bits per heavy atom. The van der Waals surface area contributed by atoms with Gasteiger partial charge in [-0.1, -0.05) is 6.07 Å². The van der Waals surface area contributed by atoms with Crippen molar-refractivity contribution in [2.75, 3.05) is 0 Å². The van der Waals surface area contributed by atoms with Crippen molar-refractivity contribution in [1.82, 2.24) is 19.9 Å². The Morgan fingerprint density at radius 2 is 2.10 bits per heavy atom. The van der Waals surface area contributed by atoms with Gasteiger partial charge in [0.2, 0.25) is 0 Å². The van der Waals surface area contributed by atoms with E-state index in [-0.39, 0.29) is 0 Å². The predicted octanol–water partition coefficient (Wildman–Crippen LogP) is 2.40. The molecule has 2 aromatic rings. The number of nitrogens with zero attached hydrogens (tertiary/aromatic N) is 3. The predicted molar refractivity (Wildman–Crippen MR) is 77.9 cm³/mol. The van der Waals surface area contributed by atoms with Crippen molar-refractivity contribution in [3.8, 4) is 5.82 Å². The van der Waals surface area contributed by atoms with Crippen LogP contribution in [0.2, 0.25) is 0 Å². The number of fused-ring (bicyclic) bond motifs is 1. The molecular weight excluding hydrogens is 248 g/mol. The first-order valence-corrected chi connectivity index (χ1v) is 7.64. The van der Waals surface area contributed by atoms with Gasteiger partial charge >= 0.3 is 0 Å². The van der Waals surface area contributed by atoms with Crippen LogP contribution in [0.3, 0.4) is 0 Å². The highest BCUT2D eigenvalue weighted by Crippen LogP contribution is 2.24. The van der Waals surface area contributed by atoms with E-state index in [0.29, 0.717) is 0 Å². The lowest BCUT2D eigenvalue weighted by Gasteiger charge is -2.16. The third-order valence-electron chi connectivity index (χ3n) is 4.28. The van der Waals surface area contributed by atoms with Crippen LogP contribution >= 0.6 is 0 Å². The van der Waals surface area contributed by atoms with Gasteiger partial charge in [0.05, 0.1) is 5.69 Å². The van der Waals surface area contributed by atoms with Crippen LogP contribution in [-0.2, 0) is 19.4 Å². The van der Waals surface area contributed by atoms with Crippen molar-refractivity contribution in [2.45, 2.75) is 51.1 Å². The first-order chi connectivity index (χ1) is 9.92. The topological polar surface area (TPSA) is 42.7 Å². The average Bonchev–Trinajstić information content (AvgIpc) is 3.23. The number of pyridine rings is 1. The lowest BCUT2D eigenvalue weighted by atomic mass is 10.0. The normalized spacial score (nSPS) is 18.0. The molecule has 0 unspecified atom stereocenters. The number of hydrogen-bond donors (Lipinski definition) is 1. The zero-order valence-electron chi connectivity index (χ0n) is 11.7. The Kier molecular flexibility index (Phi) is 3.03. The van der Waals surface area contributed by atoms with E-state index in [1.165, 1.54) is 42.6 Å². The third kappa shape index (κ3) is 2.24. The van der Waals surface area contributed by atoms with Crippen LogP contribution < -0.4 is 5.32 Å². The second-order valence-corrected chi connectivity index (χ2v) is 5.86. The summed E-state index contributed by atoms with van der Waals surface area (Å²) in [6.45, 7) is 0.904. The molecule has 4 nitrogen and oxygen atoms in total. The molecule has 0 spiro atoms. The molecule has 0 radical (unpaired) electrons. The van der Waals surface area contributed by atoms with Gasteiger partial charge in [-0.2, -0.15) is 0 Å². The van der Waals surface area contributed by atoms with E-state index < -0.39 is 0 Å². The average molecular weight is 268 g/mol. The molecule has 4 rings (SSSR count). The number of aromatic nitrogens is 3. The van der Waals surface area contributed by atoms with E-state index in [1.807, 2.05) is 18.6 Å². The van der Waals surface area contributed by atoms with Crippen LogP contribution in [0.25, 0.3) is 5.82 Å². The molecule has 104 valence electrons. The Hall–Kier alpha value is -1.68. The Labute approximate surface area is 119 Å². The first-order valence-electron chi connectivity index (χ1n) is 7.64. The maximum absolute atomic E-state index is 4.61. The minimum atomic E-state index is 0.722. The van der Waals surface area contributed by atoms with Crippen LogP contribution in [0.15, 0.2) is 24.7 Å². The molecule has 0 aliphatic heterocycles. The number of hydrogen-bond acceptors (Lipinski definition) is 3. The second-order valence-electron chi connectivity index (χ2n) is 5.86. The smallest absolute Gasteiger partial charge is 0.142 e. The highest BCUT2D eigenvalue weighted by molar-refractivity contribution is 5.37. The molecule has 2 heterocycles. The minimum Gasteiger partial charge on any atom is -0.310 e. The summed E-state index contributed by atoms with van der Waals surface area (Å²) in [6, 6.07) is 4.92. The van der Waals surface area contributed by atoms with E-state index in [0.717, 1.165) is 31.2 Å². The molecule has 1 N–H and O–H groups in total. The summed E-state index contributed by atoms with van der Waals surface area (Å²) in [5, 5.41) is 3.58. The fourth-order valence-corrected chi connectivity index (χ4v) is 2.98. The van der Waals surface area contributed by atoms with E-state index in [4.69, 9.17) is 0 Å². The van der Waals surface area contributed by atoms with Gasteiger partial charge in [0, 0.05) is 30.0 Å². The third-order valence-corrected chi connectivity index (χ3v) is 4.28. The van der Waals surface area contributed by atoms with Crippen LogP contribution in [-0.4, -0.2) is 20.6 Å². The van der Waals surface area contributed by atoms with E-state index in [9.17, 15) is 0 Å². The fraction of sp³-hybridized carbons (Fsp3) is 0.500. The van der Waals surface area contributed by atoms with Crippen molar-refractivity contribution in [1.29, 1.82) is 0 Å². The molecule has 0 atom stereocenters. The molecule has 2 aliphatic carbocycles. The second kappa shape index (κ2) is 5.02. The van der Waals surface area contributed by atoms with Crippen LogP contribution in [0.5, 0.6) is 0 Å². The zero-order chi connectivity index (χ0) is 13.4. The molecule has 1 fully saturated rings. The van der Waals surface area contributed by atoms with E-state index >= 15 is 0 Å². The van der Waals surface area contributed by atoms with Gasteiger partial charge < -0.3 is 5.32 Å². The largest absolute Gasteiger partial charge is 0.310 e. The molecular formula is C16H20N4. The molecule has 2 aromatic heterocycles. The molecule has 0 bridgehead atoms. The molecule has 1 saturated carbocycles. The van der Waals surface area contributed by atoms with E-state index in [1.54, 1.807) is 0 Å². The summed E-state index contributed by atoms with van der Waals surface area (Å²) in [7, 11) is 0. The summed E-state index contributed by atoms with van der Waals surface area (Å²) in [4.78, 5) is 9.19. The van der Waals surface area contributed by atoms with Crippen molar-refractivity contribution < 1.29 is 0 Å². The van der Waals surface area contributed by atoms with Gasteiger partial charge in [-0.05, 0) is 44.6 Å². The summed E-state index contributed by atoms with van der Waals surface area (Å²) in [5.41, 5.74) is 3.90. The van der Waals surface area contributed by atoms with Crippen LogP contribution in [0, 0.1) is 0 Å². The molecule has 4 heteroatoms. The quantitative estimate of drug-likeness (QED) is 0.926. The fourth-order valence-electron chi connectivity index (χ4n) is 2.98. The molecule has 0 aromatic carbocycles. The van der Waals surface area contributed by atoms with Gasteiger partial charge in [0.25, 0.3) is 0 Å². The summed E-state index contributed by atoms with van der Waals surface area (Å²) in [5.74, 6) is 1.05. The molecule has 2 aliphatic rings. The van der Waals surface area contributed by atoms with Crippen molar-refractivity contribution in [3.63, 3.8) is 0 Å². The highest BCUT2D eigenvalue weighted by Gasteiger charge is 2.22. The first kappa shape index (κ1) is 12.1. The number of aryl methyl sites for hydroxylation is 1. The van der Waals surface area contributed by atoms with Crippen LogP contribution in [0.4, 0.5) is 0 Å². The summed E-state index contributed by atoms with van der Waals surface area (Å²) in [6.07, 6.45) is 11.2. The van der Waals surface area contributed by atoms with Gasteiger partial charge in [-0.3, -0.25) is 4.57 Å². The van der Waals surface area contributed by atoms with Crippen molar-refractivity contribution >= 4 is 0 Å². The van der Waals surface area contributed by atoms with Gasteiger partial charge in [0.15, 0.2) is 0 Å². The lowest BCUT2D eigenvalue weighted by Crippen LogP contribution is -2.18. The van der Waals surface area contributed by atoms with Gasteiger partial charge in [-0.25, -0.2) is 9.97 Å². The monoisotopic (exact) mass is 268 g/mol.